The summed E-state index contributed by atoms with van der Waals surface area (Å²) in [7, 11) is 2.13. The maximum atomic E-state index is 11.8. The van der Waals surface area contributed by atoms with Crippen molar-refractivity contribution >= 4 is 11.8 Å². The molecule has 2 aliphatic heterocycles. The number of carbonyl (C=O) groups excluding carboxylic acids is 2. The van der Waals surface area contributed by atoms with Crippen molar-refractivity contribution in [1.29, 1.82) is 0 Å². The summed E-state index contributed by atoms with van der Waals surface area (Å²) in [5, 5.41) is 2.63. The molecule has 2 rings (SSSR count). The lowest BCUT2D eigenvalue weighted by atomic mass is 9.96. The van der Waals surface area contributed by atoms with Gasteiger partial charge in [-0.2, -0.15) is 0 Å². The average Bonchev–Trinajstić information content (AvgIpc) is 2.47. The van der Waals surface area contributed by atoms with E-state index in [-0.39, 0.29) is 18.4 Å². The molecule has 2 saturated heterocycles. The quantitative estimate of drug-likeness (QED) is 0.718. The summed E-state index contributed by atoms with van der Waals surface area (Å²) >= 11 is 0. The van der Waals surface area contributed by atoms with Gasteiger partial charge < -0.3 is 15.1 Å². The topological polar surface area (TPSA) is 52.6 Å². The fourth-order valence-electron chi connectivity index (χ4n) is 2.49. The lowest BCUT2D eigenvalue weighted by Crippen LogP contribution is -2.41. The molecule has 2 heterocycles. The third-order valence-corrected chi connectivity index (χ3v) is 3.71. The Balaban J connectivity index is 1.84. The van der Waals surface area contributed by atoms with Gasteiger partial charge in [-0.1, -0.05) is 0 Å². The second-order valence-corrected chi connectivity index (χ2v) is 5.11. The first kappa shape index (κ1) is 12.4. The molecule has 0 aliphatic carbocycles. The highest BCUT2D eigenvalue weighted by molar-refractivity contribution is 5.87. The van der Waals surface area contributed by atoms with Crippen LogP contribution in [-0.2, 0) is 9.59 Å². The molecule has 0 unspecified atom stereocenters. The third-order valence-electron chi connectivity index (χ3n) is 3.71. The lowest BCUT2D eigenvalue weighted by molar-refractivity contribution is -0.130. The molecule has 1 N–H and O–H groups in total. The van der Waals surface area contributed by atoms with Crippen LogP contribution in [0.25, 0.3) is 0 Å². The Morgan fingerprint density at radius 3 is 2.65 bits per heavy atom. The average molecular weight is 239 g/mol. The van der Waals surface area contributed by atoms with E-state index in [0.29, 0.717) is 18.9 Å². The molecule has 0 aromatic rings. The van der Waals surface area contributed by atoms with Gasteiger partial charge in [-0.05, 0) is 38.9 Å². The van der Waals surface area contributed by atoms with Crippen molar-refractivity contribution in [2.45, 2.75) is 19.3 Å². The number of nitrogens with zero attached hydrogens (tertiary/aromatic N) is 2. The highest BCUT2D eigenvalue weighted by Crippen LogP contribution is 2.17. The maximum absolute atomic E-state index is 11.8. The molecule has 0 atom stereocenters. The molecule has 17 heavy (non-hydrogen) atoms. The largest absolute Gasteiger partial charge is 0.347 e. The molecule has 0 bridgehead atoms. The maximum Gasteiger partial charge on any atom is 0.241 e. The minimum atomic E-state index is -0.00997. The Kier molecular flexibility index (Phi) is 3.99. The van der Waals surface area contributed by atoms with E-state index in [4.69, 9.17) is 0 Å². The fraction of sp³-hybridized carbons (Fsp3) is 0.833. The van der Waals surface area contributed by atoms with Gasteiger partial charge in [0.05, 0.1) is 6.54 Å². The van der Waals surface area contributed by atoms with Crippen molar-refractivity contribution < 1.29 is 9.59 Å². The van der Waals surface area contributed by atoms with Crippen LogP contribution in [0.5, 0.6) is 0 Å². The van der Waals surface area contributed by atoms with Gasteiger partial charge in [0.25, 0.3) is 0 Å². The summed E-state index contributed by atoms with van der Waals surface area (Å²) in [6, 6.07) is 0. The molecule has 0 aromatic heterocycles. The first-order valence-electron chi connectivity index (χ1n) is 6.38. The summed E-state index contributed by atoms with van der Waals surface area (Å²) in [6.45, 7) is 3.80. The van der Waals surface area contributed by atoms with Gasteiger partial charge in [-0.25, -0.2) is 0 Å². The molecule has 2 fully saturated rings. The zero-order valence-corrected chi connectivity index (χ0v) is 10.4. The highest BCUT2D eigenvalue weighted by atomic mass is 16.2. The van der Waals surface area contributed by atoms with Gasteiger partial charge in [0.1, 0.15) is 0 Å². The predicted molar refractivity (Wildman–Crippen MR) is 64.4 cm³/mol. The second-order valence-electron chi connectivity index (χ2n) is 5.11. The van der Waals surface area contributed by atoms with Crippen molar-refractivity contribution in [3.05, 3.63) is 0 Å². The molecular weight excluding hydrogens is 218 g/mol. The second kappa shape index (κ2) is 5.49. The van der Waals surface area contributed by atoms with E-state index in [9.17, 15) is 9.59 Å². The van der Waals surface area contributed by atoms with Crippen LogP contribution >= 0.6 is 0 Å². The van der Waals surface area contributed by atoms with E-state index in [1.54, 1.807) is 0 Å². The van der Waals surface area contributed by atoms with Crippen molar-refractivity contribution in [1.82, 2.24) is 15.1 Å². The molecule has 2 amide bonds. The van der Waals surface area contributed by atoms with Gasteiger partial charge in [-0.3, -0.25) is 9.59 Å². The van der Waals surface area contributed by atoms with Crippen molar-refractivity contribution in [3.63, 3.8) is 0 Å². The number of likely N-dealkylation sites (tertiary alicyclic amines) is 1. The van der Waals surface area contributed by atoms with Crippen molar-refractivity contribution in [2.24, 2.45) is 5.92 Å². The first-order valence-corrected chi connectivity index (χ1v) is 6.38. The van der Waals surface area contributed by atoms with E-state index < -0.39 is 0 Å². The Bertz CT molecular complexity index is 298. The molecule has 96 valence electrons. The Hall–Kier alpha value is -1.10. The van der Waals surface area contributed by atoms with Crippen LogP contribution in [0.4, 0.5) is 0 Å². The number of piperidine rings is 1. The van der Waals surface area contributed by atoms with Crippen LogP contribution in [0, 0.1) is 5.92 Å². The van der Waals surface area contributed by atoms with E-state index in [1.165, 1.54) is 0 Å². The highest BCUT2D eigenvalue weighted by Gasteiger charge is 2.24. The number of carbonyl (C=O) groups is 2. The monoisotopic (exact) mass is 239 g/mol. The lowest BCUT2D eigenvalue weighted by Gasteiger charge is -2.32. The standard InChI is InChI=1S/C12H21N3O2/c1-14-5-2-10(3-6-14)9-15-7-4-11(16)13-8-12(15)17/h10H,2-9H2,1H3,(H,13,16). The summed E-state index contributed by atoms with van der Waals surface area (Å²) < 4.78 is 0. The summed E-state index contributed by atoms with van der Waals surface area (Å²) in [4.78, 5) is 27.2. The fourth-order valence-corrected chi connectivity index (χ4v) is 2.49. The molecule has 5 nitrogen and oxygen atoms in total. The zero-order chi connectivity index (χ0) is 12.3. The van der Waals surface area contributed by atoms with Crippen LogP contribution < -0.4 is 5.32 Å². The Morgan fingerprint density at radius 2 is 1.94 bits per heavy atom. The smallest absolute Gasteiger partial charge is 0.241 e. The number of amides is 2. The SMILES string of the molecule is CN1CCC(CN2CCC(=O)NCC2=O)CC1. The zero-order valence-electron chi connectivity index (χ0n) is 10.4. The molecule has 0 saturated carbocycles. The summed E-state index contributed by atoms with van der Waals surface area (Å²) in [6.07, 6.45) is 2.75. The van der Waals surface area contributed by atoms with Crippen LogP contribution in [0.2, 0.25) is 0 Å². The predicted octanol–water partition coefficient (Wildman–Crippen LogP) is -0.323. The number of nitrogens with one attached hydrogen (secondary N) is 1. The molecular formula is C12H21N3O2. The van der Waals surface area contributed by atoms with Gasteiger partial charge >= 0.3 is 0 Å². The molecule has 0 spiro atoms. The number of hydrogen-bond acceptors (Lipinski definition) is 3. The minimum Gasteiger partial charge on any atom is -0.347 e. The third kappa shape index (κ3) is 3.43. The normalized spacial score (nSPS) is 24.6. The van der Waals surface area contributed by atoms with Gasteiger partial charge in [0.15, 0.2) is 0 Å². The molecule has 5 heteroatoms. The molecule has 0 radical (unpaired) electrons. The Morgan fingerprint density at radius 1 is 1.24 bits per heavy atom. The molecule has 0 aromatic carbocycles. The first-order chi connectivity index (χ1) is 8.15. The van der Waals surface area contributed by atoms with Crippen LogP contribution in [0.15, 0.2) is 0 Å². The van der Waals surface area contributed by atoms with Crippen molar-refractivity contribution in [3.8, 4) is 0 Å². The van der Waals surface area contributed by atoms with Gasteiger partial charge in [0, 0.05) is 19.5 Å². The Labute approximate surface area is 102 Å². The van der Waals surface area contributed by atoms with E-state index >= 15 is 0 Å². The van der Waals surface area contributed by atoms with Gasteiger partial charge in [-0.15, -0.1) is 0 Å². The summed E-state index contributed by atoms with van der Waals surface area (Å²) in [5.74, 6) is 0.655. The van der Waals surface area contributed by atoms with Crippen molar-refractivity contribution in [2.75, 3.05) is 39.8 Å². The van der Waals surface area contributed by atoms with Crippen LogP contribution in [-0.4, -0.2) is 61.4 Å². The van der Waals surface area contributed by atoms with E-state index in [0.717, 1.165) is 32.5 Å². The number of rotatable bonds is 2. The minimum absolute atomic E-state index is 0.00997. The number of hydrogen-bond donors (Lipinski definition) is 1. The summed E-state index contributed by atoms with van der Waals surface area (Å²) in [5.41, 5.74) is 0. The van der Waals surface area contributed by atoms with E-state index in [1.807, 2.05) is 4.90 Å². The van der Waals surface area contributed by atoms with Gasteiger partial charge in [0.2, 0.25) is 11.8 Å². The van der Waals surface area contributed by atoms with Crippen LogP contribution in [0.3, 0.4) is 0 Å². The molecule has 2 aliphatic rings. The van der Waals surface area contributed by atoms with Crippen LogP contribution in [0.1, 0.15) is 19.3 Å². The van der Waals surface area contributed by atoms with E-state index in [2.05, 4.69) is 17.3 Å².